The molecule has 0 unspecified atom stereocenters. The highest BCUT2D eigenvalue weighted by atomic mass is 16.6. The van der Waals surface area contributed by atoms with Crippen LogP contribution in [0.15, 0.2) is 72.5 Å². The zero-order chi connectivity index (χ0) is 19.4. The lowest BCUT2D eigenvalue weighted by Crippen LogP contribution is -2.58. The molecular weight excluding hydrogens is 346 g/mol. The minimum atomic E-state index is -1.40. The van der Waals surface area contributed by atoms with Crippen LogP contribution < -0.4 is 5.32 Å². The van der Waals surface area contributed by atoms with Crippen LogP contribution in [0.1, 0.15) is 28.8 Å². The van der Waals surface area contributed by atoms with E-state index in [1.807, 2.05) is 30.3 Å². The van der Waals surface area contributed by atoms with E-state index in [1.165, 1.54) is 13.2 Å². The Morgan fingerprint density at radius 1 is 1.04 bits per heavy atom. The molecule has 2 atom stereocenters. The average molecular weight is 365 g/mol. The van der Waals surface area contributed by atoms with Crippen molar-refractivity contribution in [3.63, 3.8) is 0 Å². The third kappa shape index (κ3) is 3.60. The number of hydrogen-bond donors (Lipinski definition) is 1. The van der Waals surface area contributed by atoms with Gasteiger partial charge in [-0.05, 0) is 30.7 Å². The Hall–Kier alpha value is -3.41. The number of methoxy groups -OCH3 is 1. The maximum atomic E-state index is 12.8. The number of benzene rings is 2. The molecule has 6 nitrogen and oxygen atoms in total. The highest BCUT2D eigenvalue weighted by Gasteiger charge is 2.48. The first-order valence-corrected chi connectivity index (χ1v) is 8.40. The van der Waals surface area contributed by atoms with Gasteiger partial charge in [0.05, 0.1) is 7.11 Å². The second kappa shape index (κ2) is 7.45. The molecule has 0 radical (unpaired) electrons. The van der Waals surface area contributed by atoms with Crippen molar-refractivity contribution < 1.29 is 23.9 Å². The minimum Gasteiger partial charge on any atom is -0.463 e. The van der Waals surface area contributed by atoms with Crippen LogP contribution in [0.5, 0.6) is 0 Å². The summed E-state index contributed by atoms with van der Waals surface area (Å²) >= 11 is 0. The van der Waals surface area contributed by atoms with Gasteiger partial charge in [0.15, 0.2) is 0 Å². The number of carbonyl (C=O) groups excluding carboxylic acids is 3. The maximum Gasteiger partial charge on any atom is 0.373 e. The van der Waals surface area contributed by atoms with E-state index >= 15 is 0 Å². The first-order chi connectivity index (χ1) is 13.0. The van der Waals surface area contributed by atoms with Crippen LogP contribution in [-0.4, -0.2) is 30.5 Å². The standard InChI is InChI=1S/C21H19NO5/c1-21(22-18(23)15-11-7-4-8-12-15)16(14-9-5-3-6-10-14)13-17(19(24)26-2)27-20(21)25/h3-13,16H,1-2H3,(H,22,23)/t16-,21+/m1/s1. The molecule has 2 aromatic rings. The van der Waals surface area contributed by atoms with Crippen LogP contribution in [0.25, 0.3) is 0 Å². The Labute approximate surface area is 156 Å². The molecule has 0 bridgehead atoms. The van der Waals surface area contributed by atoms with E-state index < -0.39 is 29.3 Å². The summed E-state index contributed by atoms with van der Waals surface area (Å²) in [5.74, 6) is -2.69. The van der Waals surface area contributed by atoms with E-state index in [4.69, 9.17) is 4.74 Å². The minimum absolute atomic E-state index is 0.192. The monoisotopic (exact) mass is 365 g/mol. The van der Waals surface area contributed by atoms with Crippen molar-refractivity contribution in [1.29, 1.82) is 0 Å². The summed E-state index contributed by atoms with van der Waals surface area (Å²) in [6.07, 6.45) is 1.51. The molecule has 1 N–H and O–H groups in total. The number of amides is 1. The molecule has 3 rings (SSSR count). The number of hydrogen-bond acceptors (Lipinski definition) is 5. The Morgan fingerprint density at radius 2 is 1.63 bits per heavy atom. The number of nitrogens with one attached hydrogen (secondary N) is 1. The fourth-order valence-electron chi connectivity index (χ4n) is 3.01. The zero-order valence-corrected chi connectivity index (χ0v) is 15.0. The molecule has 1 aliphatic heterocycles. The largest absolute Gasteiger partial charge is 0.463 e. The molecule has 0 saturated carbocycles. The van der Waals surface area contributed by atoms with Crippen LogP contribution >= 0.6 is 0 Å². The molecule has 0 aliphatic carbocycles. The van der Waals surface area contributed by atoms with Gasteiger partial charge in [0.1, 0.15) is 5.54 Å². The summed E-state index contributed by atoms with van der Waals surface area (Å²) in [4.78, 5) is 37.4. The van der Waals surface area contributed by atoms with Crippen molar-refractivity contribution in [3.8, 4) is 0 Å². The van der Waals surface area contributed by atoms with E-state index in [0.717, 1.165) is 5.56 Å². The molecule has 0 aromatic heterocycles. The predicted molar refractivity (Wildman–Crippen MR) is 97.7 cm³/mol. The van der Waals surface area contributed by atoms with Gasteiger partial charge in [0.2, 0.25) is 5.76 Å². The number of ether oxygens (including phenoxy) is 2. The summed E-state index contributed by atoms with van der Waals surface area (Å²) in [5.41, 5.74) is -0.223. The van der Waals surface area contributed by atoms with Gasteiger partial charge in [0.25, 0.3) is 5.91 Å². The topological polar surface area (TPSA) is 81.7 Å². The first-order valence-electron chi connectivity index (χ1n) is 8.40. The molecule has 1 amide bonds. The van der Waals surface area contributed by atoms with E-state index in [1.54, 1.807) is 37.3 Å². The molecule has 0 fully saturated rings. The summed E-state index contributed by atoms with van der Waals surface area (Å²) in [6.45, 7) is 1.58. The lowest BCUT2D eigenvalue weighted by Gasteiger charge is -2.38. The van der Waals surface area contributed by atoms with Crippen molar-refractivity contribution in [3.05, 3.63) is 83.6 Å². The average Bonchev–Trinajstić information content (AvgIpc) is 2.70. The molecule has 1 heterocycles. The fraction of sp³-hybridized carbons (Fsp3) is 0.190. The first kappa shape index (κ1) is 18.4. The molecule has 0 saturated heterocycles. The number of carbonyl (C=O) groups is 3. The van der Waals surface area contributed by atoms with Crippen LogP contribution in [0.4, 0.5) is 0 Å². The highest BCUT2D eigenvalue weighted by Crippen LogP contribution is 2.36. The second-order valence-corrected chi connectivity index (χ2v) is 6.32. The Bertz CT molecular complexity index is 891. The van der Waals surface area contributed by atoms with Crippen molar-refractivity contribution in [2.24, 2.45) is 0 Å². The maximum absolute atomic E-state index is 12.8. The normalized spacial score (nSPS) is 21.6. The number of cyclic esters (lactones) is 1. The lowest BCUT2D eigenvalue weighted by molar-refractivity contribution is -0.156. The van der Waals surface area contributed by atoms with Gasteiger partial charge in [0, 0.05) is 11.5 Å². The molecule has 27 heavy (non-hydrogen) atoms. The van der Waals surface area contributed by atoms with E-state index in [-0.39, 0.29) is 5.76 Å². The molecule has 6 heteroatoms. The van der Waals surface area contributed by atoms with Crippen molar-refractivity contribution in [2.45, 2.75) is 18.4 Å². The summed E-state index contributed by atoms with van der Waals surface area (Å²) in [6, 6.07) is 17.7. The fourth-order valence-corrected chi connectivity index (χ4v) is 3.01. The van der Waals surface area contributed by atoms with E-state index in [9.17, 15) is 14.4 Å². The lowest BCUT2D eigenvalue weighted by atomic mass is 9.78. The van der Waals surface area contributed by atoms with Gasteiger partial charge in [-0.25, -0.2) is 9.59 Å². The van der Waals surface area contributed by atoms with Crippen LogP contribution in [0, 0.1) is 0 Å². The SMILES string of the molecule is COC(=O)C1=C[C@H](c2ccccc2)[C@](C)(NC(=O)c2ccccc2)C(=O)O1. The van der Waals surface area contributed by atoms with Crippen molar-refractivity contribution in [1.82, 2.24) is 5.32 Å². The van der Waals surface area contributed by atoms with Gasteiger partial charge in [-0.2, -0.15) is 0 Å². The van der Waals surface area contributed by atoms with Gasteiger partial charge < -0.3 is 14.8 Å². The third-order valence-corrected chi connectivity index (χ3v) is 4.52. The van der Waals surface area contributed by atoms with Gasteiger partial charge in [-0.1, -0.05) is 48.5 Å². The predicted octanol–water partition coefficient (Wildman–Crippen LogP) is 2.57. The quantitative estimate of drug-likeness (QED) is 0.842. The molecular formula is C21H19NO5. The Kier molecular flexibility index (Phi) is 5.07. The third-order valence-electron chi connectivity index (χ3n) is 4.52. The summed E-state index contributed by atoms with van der Waals surface area (Å²) in [5, 5.41) is 2.78. The van der Waals surface area contributed by atoms with Crippen LogP contribution in [0.3, 0.4) is 0 Å². The van der Waals surface area contributed by atoms with Crippen LogP contribution in [-0.2, 0) is 19.1 Å². The Morgan fingerprint density at radius 3 is 2.22 bits per heavy atom. The number of rotatable bonds is 4. The number of esters is 2. The zero-order valence-electron chi connectivity index (χ0n) is 15.0. The van der Waals surface area contributed by atoms with Gasteiger partial charge in [-0.15, -0.1) is 0 Å². The summed E-state index contributed by atoms with van der Waals surface area (Å²) < 4.78 is 9.85. The van der Waals surface area contributed by atoms with E-state index in [0.29, 0.717) is 5.56 Å². The van der Waals surface area contributed by atoms with Crippen molar-refractivity contribution >= 4 is 17.8 Å². The van der Waals surface area contributed by atoms with Crippen molar-refractivity contribution in [2.75, 3.05) is 7.11 Å². The summed E-state index contributed by atoms with van der Waals surface area (Å²) in [7, 11) is 1.21. The smallest absolute Gasteiger partial charge is 0.373 e. The van der Waals surface area contributed by atoms with Gasteiger partial charge in [-0.3, -0.25) is 4.79 Å². The highest BCUT2D eigenvalue weighted by molar-refractivity contribution is 6.00. The molecule has 1 aliphatic rings. The molecule has 0 spiro atoms. The van der Waals surface area contributed by atoms with Crippen LogP contribution in [0.2, 0.25) is 0 Å². The molecule has 2 aromatic carbocycles. The molecule has 138 valence electrons. The Balaban J connectivity index is 2.02. The van der Waals surface area contributed by atoms with E-state index in [2.05, 4.69) is 10.1 Å². The second-order valence-electron chi connectivity index (χ2n) is 6.32. The van der Waals surface area contributed by atoms with Gasteiger partial charge >= 0.3 is 11.9 Å².